The molecule has 2 rings (SSSR count). The quantitative estimate of drug-likeness (QED) is 0.724. The van der Waals surface area contributed by atoms with Gasteiger partial charge in [0.1, 0.15) is 0 Å². The first-order valence-electron chi connectivity index (χ1n) is 4.04. The number of rotatable bonds is 1. The van der Waals surface area contributed by atoms with E-state index in [1.54, 1.807) is 18.5 Å². The topological polar surface area (TPSA) is 33.1 Å². The second-order valence-corrected chi connectivity index (χ2v) is 3.71. The molecule has 1 heterocycles. The van der Waals surface area contributed by atoms with Crippen molar-refractivity contribution in [2.75, 3.05) is 0 Å². The molecule has 1 aliphatic carbocycles. The lowest BCUT2D eigenvalue weighted by atomic mass is 9.76. The minimum Gasteiger partial charge on any atom is -0.385 e. The summed E-state index contributed by atoms with van der Waals surface area (Å²) in [7, 11) is 0. The van der Waals surface area contributed by atoms with Crippen LogP contribution < -0.4 is 0 Å². The first-order chi connectivity index (χ1) is 5.71. The molecule has 3 heteroatoms. The smallest absolute Gasteiger partial charge is 0.0911 e. The minimum absolute atomic E-state index is 0.591. The van der Waals surface area contributed by atoms with Crippen LogP contribution in [0.3, 0.4) is 0 Å². The van der Waals surface area contributed by atoms with Crippen molar-refractivity contribution in [1.29, 1.82) is 0 Å². The van der Waals surface area contributed by atoms with Crippen LogP contribution >= 0.6 is 11.6 Å². The van der Waals surface area contributed by atoms with Gasteiger partial charge < -0.3 is 5.11 Å². The lowest BCUT2D eigenvalue weighted by Crippen LogP contribution is -2.33. The van der Waals surface area contributed by atoms with E-state index in [0.717, 1.165) is 24.8 Å². The van der Waals surface area contributed by atoms with Gasteiger partial charge in [-0.3, -0.25) is 4.98 Å². The molecule has 0 radical (unpaired) electrons. The summed E-state index contributed by atoms with van der Waals surface area (Å²) in [6.45, 7) is 0. The third-order valence-corrected chi connectivity index (χ3v) is 2.63. The Balaban J connectivity index is 2.33. The number of aromatic nitrogens is 1. The molecular weight excluding hydrogens is 174 g/mol. The molecule has 0 atom stereocenters. The Morgan fingerprint density at radius 3 is 2.67 bits per heavy atom. The number of hydrogen-bond donors (Lipinski definition) is 1. The molecule has 1 fully saturated rings. The lowest BCUT2D eigenvalue weighted by molar-refractivity contribution is -0.0390. The Morgan fingerprint density at radius 1 is 1.42 bits per heavy atom. The molecule has 64 valence electrons. The van der Waals surface area contributed by atoms with Crippen LogP contribution in [0.15, 0.2) is 18.5 Å². The minimum atomic E-state index is -0.641. The fourth-order valence-electron chi connectivity index (χ4n) is 1.47. The van der Waals surface area contributed by atoms with E-state index in [1.165, 1.54) is 0 Å². The van der Waals surface area contributed by atoms with E-state index in [2.05, 4.69) is 4.98 Å². The molecule has 0 amide bonds. The fraction of sp³-hybridized carbons (Fsp3) is 0.444. The first-order valence-corrected chi connectivity index (χ1v) is 4.42. The van der Waals surface area contributed by atoms with Gasteiger partial charge in [-0.05, 0) is 25.3 Å². The van der Waals surface area contributed by atoms with E-state index in [9.17, 15) is 5.11 Å². The Hall–Kier alpha value is -0.600. The summed E-state index contributed by atoms with van der Waals surface area (Å²) in [5, 5.41) is 10.5. The highest BCUT2D eigenvalue weighted by Crippen LogP contribution is 2.41. The van der Waals surface area contributed by atoms with Crippen LogP contribution in [-0.4, -0.2) is 10.1 Å². The van der Waals surface area contributed by atoms with Crippen molar-refractivity contribution >= 4 is 11.6 Å². The van der Waals surface area contributed by atoms with Crippen molar-refractivity contribution in [2.24, 2.45) is 0 Å². The van der Waals surface area contributed by atoms with Gasteiger partial charge >= 0.3 is 0 Å². The van der Waals surface area contributed by atoms with Crippen molar-refractivity contribution < 1.29 is 5.11 Å². The van der Waals surface area contributed by atoms with Gasteiger partial charge in [-0.15, -0.1) is 0 Å². The van der Waals surface area contributed by atoms with Gasteiger partial charge in [0.15, 0.2) is 0 Å². The zero-order valence-electron chi connectivity index (χ0n) is 6.63. The maximum absolute atomic E-state index is 9.91. The van der Waals surface area contributed by atoms with Crippen LogP contribution in [0.2, 0.25) is 5.02 Å². The summed E-state index contributed by atoms with van der Waals surface area (Å²) in [5.41, 5.74) is 0.207. The molecule has 1 aromatic heterocycles. The Bertz CT molecular complexity index is 296. The van der Waals surface area contributed by atoms with Gasteiger partial charge in [-0.1, -0.05) is 11.6 Å². The van der Waals surface area contributed by atoms with E-state index in [-0.39, 0.29) is 0 Å². The van der Waals surface area contributed by atoms with Gasteiger partial charge in [0.2, 0.25) is 0 Å². The zero-order valence-corrected chi connectivity index (χ0v) is 7.38. The van der Waals surface area contributed by atoms with Gasteiger partial charge in [0.05, 0.1) is 10.6 Å². The average Bonchev–Trinajstić information content (AvgIpc) is 2.00. The van der Waals surface area contributed by atoms with Gasteiger partial charge in [0.25, 0.3) is 0 Å². The SMILES string of the molecule is OC1(c2cncc(Cl)c2)CCC1. The third kappa shape index (κ3) is 1.21. The highest BCUT2D eigenvalue weighted by Gasteiger charge is 2.36. The van der Waals surface area contributed by atoms with Crippen LogP contribution in [-0.2, 0) is 5.60 Å². The highest BCUT2D eigenvalue weighted by molar-refractivity contribution is 6.30. The summed E-state index contributed by atoms with van der Waals surface area (Å²) in [6, 6.07) is 1.79. The first kappa shape index (κ1) is 8.02. The average molecular weight is 184 g/mol. The molecule has 0 unspecified atom stereocenters. The summed E-state index contributed by atoms with van der Waals surface area (Å²) >= 11 is 5.76. The standard InChI is InChI=1S/C9H10ClNO/c10-8-4-7(5-11-6-8)9(12)2-1-3-9/h4-6,12H,1-3H2. The molecule has 1 aliphatic rings. The van der Waals surface area contributed by atoms with Crippen molar-refractivity contribution in [1.82, 2.24) is 4.98 Å². The second-order valence-electron chi connectivity index (χ2n) is 3.28. The molecular formula is C9H10ClNO. The van der Waals surface area contributed by atoms with E-state index < -0.39 is 5.60 Å². The van der Waals surface area contributed by atoms with Gasteiger partial charge in [-0.2, -0.15) is 0 Å². The number of aliphatic hydroxyl groups is 1. The molecule has 1 aromatic rings. The van der Waals surface area contributed by atoms with Crippen LogP contribution in [0, 0.1) is 0 Å². The summed E-state index contributed by atoms with van der Waals surface area (Å²) < 4.78 is 0. The van der Waals surface area contributed by atoms with Crippen LogP contribution in [0.4, 0.5) is 0 Å². The number of halogens is 1. The van der Waals surface area contributed by atoms with E-state index in [0.29, 0.717) is 5.02 Å². The van der Waals surface area contributed by atoms with Crippen molar-refractivity contribution in [3.05, 3.63) is 29.0 Å². The lowest BCUT2D eigenvalue weighted by Gasteiger charge is -2.36. The predicted molar refractivity (Wildman–Crippen MR) is 47.0 cm³/mol. The molecule has 0 aromatic carbocycles. The maximum atomic E-state index is 9.91. The second kappa shape index (κ2) is 2.71. The normalized spacial score (nSPS) is 20.2. The molecule has 0 spiro atoms. The summed E-state index contributed by atoms with van der Waals surface area (Å²) in [4.78, 5) is 3.94. The molecule has 1 N–H and O–H groups in total. The largest absolute Gasteiger partial charge is 0.385 e. The molecule has 0 saturated heterocycles. The molecule has 12 heavy (non-hydrogen) atoms. The highest BCUT2D eigenvalue weighted by atomic mass is 35.5. The fourth-order valence-corrected chi connectivity index (χ4v) is 1.64. The van der Waals surface area contributed by atoms with Crippen molar-refractivity contribution in [3.63, 3.8) is 0 Å². The van der Waals surface area contributed by atoms with Crippen LogP contribution in [0.5, 0.6) is 0 Å². The molecule has 1 saturated carbocycles. The summed E-state index contributed by atoms with van der Waals surface area (Å²) in [5.74, 6) is 0. The molecule has 2 nitrogen and oxygen atoms in total. The van der Waals surface area contributed by atoms with Crippen molar-refractivity contribution in [3.8, 4) is 0 Å². The van der Waals surface area contributed by atoms with Gasteiger partial charge in [-0.25, -0.2) is 0 Å². The Kier molecular flexibility index (Phi) is 1.81. The molecule has 0 aliphatic heterocycles. The molecule has 0 bridgehead atoms. The Morgan fingerprint density at radius 2 is 2.17 bits per heavy atom. The number of nitrogens with zero attached hydrogens (tertiary/aromatic N) is 1. The van der Waals surface area contributed by atoms with E-state index >= 15 is 0 Å². The monoisotopic (exact) mass is 183 g/mol. The predicted octanol–water partition coefficient (Wildman–Crippen LogP) is 2.11. The zero-order chi connectivity index (χ0) is 8.60. The van der Waals surface area contributed by atoms with Crippen LogP contribution in [0.25, 0.3) is 0 Å². The number of pyridine rings is 1. The van der Waals surface area contributed by atoms with E-state index in [4.69, 9.17) is 11.6 Å². The van der Waals surface area contributed by atoms with Gasteiger partial charge in [0, 0.05) is 18.0 Å². The van der Waals surface area contributed by atoms with Crippen molar-refractivity contribution in [2.45, 2.75) is 24.9 Å². The van der Waals surface area contributed by atoms with Crippen LogP contribution in [0.1, 0.15) is 24.8 Å². The summed E-state index contributed by atoms with van der Waals surface area (Å²) in [6.07, 6.45) is 6.01. The number of hydrogen-bond acceptors (Lipinski definition) is 2. The maximum Gasteiger partial charge on any atom is 0.0911 e. The Labute approximate surface area is 76.2 Å². The van der Waals surface area contributed by atoms with E-state index in [1.807, 2.05) is 0 Å². The third-order valence-electron chi connectivity index (χ3n) is 2.42.